The summed E-state index contributed by atoms with van der Waals surface area (Å²) in [4.78, 5) is 56.4. The topological polar surface area (TPSA) is 121 Å². The molecule has 284 valence electrons. The Morgan fingerprint density at radius 2 is 1.41 bits per heavy atom. The predicted molar refractivity (Wildman–Crippen MR) is 186 cm³/mol. The van der Waals surface area contributed by atoms with Gasteiger partial charge in [0.05, 0.1) is 17.5 Å². The third-order valence-corrected chi connectivity index (χ3v) is 12.6. The second-order valence-corrected chi connectivity index (χ2v) is 15.2. The molecule has 9 nitrogen and oxygen atoms in total. The highest BCUT2D eigenvalue weighted by Gasteiger charge is 2.77. The van der Waals surface area contributed by atoms with Crippen LogP contribution in [0.5, 0.6) is 5.75 Å². The van der Waals surface area contributed by atoms with Gasteiger partial charge in [-0.25, -0.2) is 36.2 Å². The SMILES string of the molecule is O=C1C2CC=C3C(CC4(Cl)C(=O)N(c5c(F)c(F)c(F)c(F)c5F)C(=O)C4(Cl)C3c3cccc(F)c3O)C2C(=O)N1c1ccc(-c2nc3ccccc3o2)cc1. The number of imide groups is 2. The molecule has 3 heterocycles. The third kappa shape index (κ3) is 4.55. The Labute approximate surface area is 320 Å². The number of halogens is 8. The molecule has 1 N–H and O–H groups in total. The summed E-state index contributed by atoms with van der Waals surface area (Å²) < 4.78 is 94.3. The Morgan fingerprint density at radius 1 is 0.750 bits per heavy atom. The zero-order valence-corrected chi connectivity index (χ0v) is 29.5. The lowest BCUT2D eigenvalue weighted by Gasteiger charge is -2.50. The normalized spacial score (nSPS) is 27.2. The molecule has 1 saturated carbocycles. The van der Waals surface area contributed by atoms with E-state index in [4.69, 9.17) is 27.6 Å². The quantitative estimate of drug-likeness (QED) is 0.0491. The van der Waals surface area contributed by atoms with E-state index in [2.05, 4.69) is 4.98 Å². The lowest BCUT2D eigenvalue weighted by Crippen LogP contribution is -2.60. The van der Waals surface area contributed by atoms with Gasteiger partial charge in [-0.05, 0) is 61.2 Å². The van der Waals surface area contributed by atoms with E-state index in [-0.39, 0.29) is 28.5 Å². The zero-order chi connectivity index (χ0) is 39.7. The minimum absolute atomic E-state index is 0.0492. The van der Waals surface area contributed by atoms with Crippen LogP contribution in [0.3, 0.4) is 0 Å². The van der Waals surface area contributed by atoms with E-state index in [1.165, 1.54) is 18.2 Å². The highest BCUT2D eigenvalue weighted by atomic mass is 35.5. The molecule has 9 rings (SSSR count). The van der Waals surface area contributed by atoms with Crippen molar-refractivity contribution in [3.63, 3.8) is 0 Å². The van der Waals surface area contributed by atoms with Crippen molar-refractivity contribution in [2.75, 3.05) is 9.80 Å². The van der Waals surface area contributed by atoms with Crippen LogP contribution in [0.2, 0.25) is 0 Å². The number of allylic oxidation sites excluding steroid dienone is 2. The highest BCUT2D eigenvalue weighted by molar-refractivity contribution is 6.58. The number of oxazole rings is 1. The largest absolute Gasteiger partial charge is 0.505 e. The first-order valence-electron chi connectivity index (χ1n) is 16.9. The first kappa shape index (κ1) is 36.0. The minimum Gasteiger partial charge on any atom is -0.505 e. The predicted octanol–water partition coefficient (Wildman–Crippen LogP) is 7.80. The lowest BCUT2D eigenvalue weighted by molar-refractivity contribution is -0.125. The average Bonchev–Trinajstić information content (AvgIpc) is 3.78. The number of phenols is 1. The Balaban J connectivity index is 1.15. The molecule has 0 spiro atoms. The van der Waals surface area contributed by atoms with E-state index in [1.807, 2.05) is 0 Å². The van der Waals surface area contributed by atoms with Crippen molar-refractivity contribution in [1.29, 1.82) is 0 Å². The van der Waals surface area contributed by atoms with Gasteiger partial charge in [0.1, 0.15) is 11.2 Å². The molecule has 1 aromatic heterocycles. The smallest absolute Gasteiger partial charge is 0.258 e. The number of amides is 4. The summed E-state index contributed by atoms with van der Waals surface area (Å²) in [5, 5.41) is 11.0. The number of hydrogen-bond acceptors (Lipinski definition) is 7. The number of carbonyl (C=O) groups is 4. The molecule has 5 aromatic rings. The van der Waals surface area contributed by atoms with Gasteiger partial charge in [-0.3, -0.25) is 24.1 Å². The Hall–Kier alpha value is -5.67. The average molecular weight is 813 g/mol. The van der Waals surface area contributed by atoms with Crippen molar-refractivity contribution in [2.24, 2.45) is 17.8 Å². The second kappa shape index (κ2) is 12.2. The van der Waals surface area contributed by atoms with Gasteiger partial charge in [-0.15, -0.1) is 23.2 Å². The molecular weight excluding hydrogens is 791 g/mol. The standard InChI is InChI=1S/C39H21Cl2F6N3O6/c40-38-14-20-17(12-13-18-24(20)35(53)49(34(18)52)16-10-8-15(9-11-16)33-48-22-6-1-2-7-23(22)56-33)25(19-4-3-5-21(42)32(19)51)39(38,41)37(55)50(36(38)54)31-29(46)27(44)26(43)28(45)30(31)47/h1-12,18,20,24-25,51H,13-14H2. The number of benzene rings is 4. The van der Waals surface area contributed by atoms with Gasteiger partial charge < -0.3 is 9.52 Å². The van der Waals surface area contributed by atoms with Gasteiger partial charge in [0.2, 0.25) is 23.5 Å². The Kier molecular flexibility index (Phi) is 7.82. The van der Waals surface area contributed by atoms with Gasteiger partial charge in [0.25, 0.3) is 11.8 Å². The third-order valence-electron chi connectivity index (χ3n) is 11.2. The molecule has 4 aromatic carbocycles. The van der Waals surface area contributed by atoms with E-state index in [0.717, 1.165) is 23.1 Å². The number of para-hydroxylation sites is 3. The highest BCUT2D eigenvalue weighted by Crippen LogP contribution is 2.67. The summed E-state index contributed by atoms with van der Waals surface area (Å²) in [5.74, 6) is -24.9. The number of aromatic hydroxyl groups is 1. The van der Waals surface area contributed by atoms with Crippen molar-refractivity contribution < 1.29 is 55.0 Å². The van der Waals surface area contributed by atoms with Crippen LogP contribution in [0.15, 0.2) is 82.8 Å². The van der Waals surface area contributed by atoms with Crippen LogP contribution in [-0.2, 0) is 19.2 Å². The van der Waals surface area contributed by atoms with E-state index in [1.54, 1.807) is 36.4 Å². The summed E-state index contributed by atoms with van der Waals surface area (Å²) in [7, 11) is 0. The van der Waals surface area contributed by atoms with Crippen molar-refractivity contribution in [2.45, 2.75) is 28.5 Å². The van der Waals surface area contributed by atoms with E-state index < -0.39 is 115 Å². The van der Waals surface area contributed by atoms with Gasteiger partial charge in [-0.2, -0.15) is 0 Å². The number of alkyl halides is 2. The molecular formula is C39H21Cl2F6N3O6. The fourth-order valence-electron chi connectivity index (χ4n) is 8.68. The molecule has 0 bridgehead atoms. The van der Waals surface area contributed by atoms with Crippen LogP contribution >= 0.6 is 23.2 Å². The van der Waals surface area contributed by atoms with Gasteiger partial charge in [0.15, 0.2) is 50.2 Å². The molecule has 4 amide bonds. The van der Waals surface area contributed by atoms with Gasteiger partial charge >= 0.3 is 0 Å². The van der Waals surface area contributed by atoms with Crippen LogP contribution in [0.25, 0.3) is 22.6 Å². The fourth-order valence-corrected chi connectivity index (χ4v) is 9.61. The number of carbonyl (C=O) groups excluding carboxylic acids is 4. The number of phenolic OH excluding ortho intramolecular Hbond substituents is 1. The molecule has 6 unspecified atom stereocenters. The summed E-state index contributed by atoms with van der Waals surface area (Å²) in [5.41, 5.74) is -0.517. The number of anilines is 2. The lowest BCUT2D eigenvalue weighted by atomic mass is 9.56. The van der Waals surface area contributed by atoms with Crippen LogP contribution in [-0.4, -0.2) is 43.5 Å². The van der Waals surface area contributed by atoms with Crippen LogP contribution in [0.4, 0.5) is 37.7 Å². The fraction of sp³-hybridized carbons (Fsp3) is 0.205. The maximum absolute atomic E-state index is 15.3. The monoisotopic (exact) mass is 811 g/mol. The van der Waals surface area contributed by atoms with Crippen LogP contribution in [0.1, 0.15) is 24.3 Å². The minimum atomic E-state index is -2.92. The Bertz CT molecular complexity index is 2590. The zero-order valence-electron chi connectivity index (χ0n) is 28.0. The van der Waals surface area contributed by atoms with Crippen molar-refractivity contribution in [3.8, 4) is 17.2 Å². The van der Waals surface area contributed by atoms with E-state index in [9.17, 15) is 41.8 Å². The van der Waals surface area contributed by atoms with Crippen molar-refractivity contribution >= 4 is 69.3 Å². The van der Waals surface area contributed by atoms with E-state index in [0.29, 0.717) is 16.7 Å². The van der Waals surface area contributed by atoms with Crippen LogP contribution in [0, 0.1) is 52.7 Å². The molecule has 56 heavy (non-hydrogen) atoms. The molecule has 2 aliphatic heterocycles. The number of rotatable bonds is 4. The van der Waals surface area contributed by atoms with Gasteiger partial charge in [0, 0.05) is 17.0 Å². The number of fused-ring (bicyclic) bond motifs is 5. The second-order valence-electron chi connectivity index (χ2n) is 13.9. The maximum atomic E-state index is 15.3. The summed E-state index contributed by atoms with van der Waals surface area (Å²) in [6.45, 7) is 0. The number of aromatic nitrogens is 1. The molecule has 0 radical (unpaired) electrons. The summed E-state index contributed by atoms with van der Waals surface area (Å²) >= 11 is 14.1. The Morgan fingerprint density at radius 3 is 2.09 bits per heavy atom. The number of hydrogen-bond donors (Lipinski definition) is 1. The van der Waals surface area contributed by atoms with Crippen molar-refractivity contribution in [1.82, 2.24) is 4.98 Å². The summed E-state index contributed by atoms with van der Waals surface area (Å²) in [6, 6.07) is 16.3. The maximum Gasteiger partial charge on any atom is 0.258 e. The molecule has 2 aliphatic carbocycles. The molecule has 17 heteroatoms. The van der Waals surface area contributed by atoms with Gasteiger partial charge in [-0.1, -0.05) is 35.9 Å². The molecule has 4 aliphatic rings. The first-order valence-corrected chi connectivity index (χ1v) is 17.7. The van der Waals surface area contributed by atoms with E-state index >= 15 is 8.78 Å². The van der Waals surface area contributed by atoms with Crippen LogP contribution < -0.4 is 9.80 Å². The summed E-state index contributed by atoms with van der Waals surface area (Å²) in [6.07, 6.45) is 0.514. The number of nitrogens with zero attached hydrogens (tertiary/aromatic N) is 3. The molecule has 3 fully saturated rings. The first-order chi connectivity index (χ1) is 26.6. The molecule has 2 saturated heterocycles. The molecule has 6 atom stereocenters. The van der Waals surface area contributed by atoms with Crippen molar-refractivity contribution in [3.05, 3.63) is 119 Å².